The lowest BCUT2D eigenvalue weighted by Crippen LogP contribution is -2.22. The van der Waals surface area contributed by atoms with E-state index < -0.39 is 0 Å². The lowest BCUT2D eigenvalue weighted by Gasteiger charge is -2.22. The molecule has 2 heteroatoms. The minimum absolute atomic E-state index is 0.00901. The van der Waals surface area contributed by atoms with Crippen molar-refractivity contribution < 1.29 is 9.47 Å². The summed E-state index contributed by atoms with van der Waals surface area (Å²) in [7, 11) is 0. The third-order valence-electron chi connectivity index (χ3n) is 2.42. The lowest BCUT2D eigenvalue weighted by molar-refractivity contribution is -0.156. The maximum Gasteiger partial charge on any atom is 0.158 e. The van der Waals surface area contributed by atoms with E-state index in [4.69, 9.17) is 15.9 Å². The zero-order valence-electron chi connectivity index (χ0n) is 9.50. The Morgan fingerprint density at radius 3 is 3.13 bits per heavy atom. The fraction of sp³-hybridized carbons (Fsp3) is 0.692. The summed E-state index contributed by atoms with van der Waals surface area (Å²) in [5, 5.41) is 0. The highest BCUT2D eigenvalue weighted by Crippen LogP contribution is 2.14. The molecule has 1 rings (SSSR count). The highest BCUT2D eigenvalue weighted by molar-refractivity contribution is 5.00. The first-order chi connectivity index (χ1) is 7.33. The second kappa shape index (κ2) is 7.50. The lowest BCUT2D eigenvalue weighted by atomic mass is 10.2. The van der Waals surface area contributed by atoms with Crippen LogP contribution in [0.1, 0.15) is 39.0 Å². The minimum Gasteiger partial charge on any atom is -0.353 e. The molecule has 15 heavy (non-hydrogen) atoms. The van der Waals surface area contributed by atoms with Crippen LogP contribution in [0, 0.1) is 12.3 Å². The smallest absolute Gasteiger partial charge is 0.158 e. The van der Waals surface area contributed by atoms with Crippen LogP contribution >= 0.6 is 0 Å². The molecule has 1 aliphatic heterocycles. The molecule has 1 aliphatic rings. The predicted molar refractivity (Wildman–Crippen MR) is 61.4 cm³/mol. The van der Waals surface area contributed by atoms with Crippen molar-refractivity contribution in [3.63, 3.8) is 0 Å². The summed E-state index contributed by atoms with van der Waals surface area (Å²) >= 11 is 0. The van der Waals surface area contributed by atoms with E-state index in [0.717, 1.165) is 32.3 Å². The molecular formula is C13H20O2. The van der Waals surface area contributed by atoms with E-state index in [9.17, 15) is 0 Å². The Kier molecular flexibility index (Phi) is 6.15. The molecule has 0 bridgehead atoms. The summed E-state index contributed by atoms with van der Waals surface area (Å²) in [5.74, 6) is 2.62. The molecular weight excluding hydrogens is 188 g/mol. The summed E-state index contributed by atoms with van der Waals surface area (Å²) in [6.07, 6.45) is 12.5. The molecule has 1 heterocycles. The van der Waals surface area contributed by atoms with Crippen LogP contribution in [0.25, 0.3) is 0 Å². The Labute approximate surface area is 92.6 Å². The van der Waals surface area contributed by atoms with Gasteiger partial charge in [-0.2, -0.15) is 0 Å². The van der Waals surface area contributed by atoms with Crippen molar-refractivity contribution >= 4 is 0 Å². The van der Waals surface area contributed by atoms with Crippen molar-refractivity contribution in [2.24, 2.45) is 0 Å². The number of terminal acetylenes is 1. The number of rotatable bonds is 5. The normalized spacial score (nSPS) is 22.4. The van der Waals surface area contributed by atoms with Gasteiger partial charge in [-0.05, 0) is 32.6 Å². The molecule has 1 unspecified atom stereocenters. The van der Waals surface area contributed by atoms with Crippen molar-refractivity contribution in [1.82, 2.24) is 0 Å². The number of hydrogen-bond acceptors (Lipinski definition) is 2. The molecule has 1 fully saturated rings. The predicted octanol–water partition coefficient (Wildman–Crippen LogP) is 2.89. The van der Waals surface area contributed by atoms with Gasteiger partial charge in [0.1, 0.15) is 0 Å². The Balaban J connectivity index is 2.12. The molecule has 2 nitrogen and oxygen atoms in total. The van der Waals surface area contributed by atoms with Gasteiger partial charge in [0.05, 0.1) is 6.61 Å². The van der Waals surface area contributed by atoms with Crippen LogP contribution in [0.3, 0.4) is 0 Å². The molecule has 1 saturated heterocycles. The van der Waals surface area contributed by atoms with Crippen LogP contribution in [0.5, 0.6) is 0 Å². The quantitative estimate of drug-likeness (QED) is 0.393. The van der Waals surface area contributed by atoms with E-state index in [1.165, 1.54) is 12.0 Å². The van der Waals surface area contributed by atoms with Crippen LogP contribution in [0.4, 0.5) is 0 Å². The number of hydrogen-bond donors (Lipinski definition) is 0. The maximum absolute atomic E-state index is 5.63. The molecule has 1 atom stereocenters. The van der Waals surface area contributed by atoms with E-state index in [-0.39, 0.29) is 6.29 Å². The number of allylic oxidation sites excluding steroid dienone is 1. The molecule has 0 aromatic rings. The van der Waals surface area contributed by atoms with Gasteiger partial charge in [-0.3, -0.25) is 0 Å². The van der Waals surface area contributed by atoms with Gasteiger partial charge in [0.25, 0.3) is 0 Å². The van der Waals surface area contributed by atoms with Gasteiger partial charge in [0, 0.05) is 13.0 Å². The van der Waals surface area contributed by atoms with E-state index in [1.807, 2.05) is 0 Å². The van der Waals surface area contributed by atoms with Gasteiger partial charge in [-0.25, -0.2) is 0 Å². The molecule has 0 saturated carbocycles. The molecule has 0 N–H and O–H groups in total. The second-order valence-corrected chi connectivity index (χ2v) is 3.90. The number of ether oxygens (including phenoxy) is 2. The Bertz CT molecular complexity index is 231. The topological polar surface area (TPSA) is 18.5 Å². The summed E-state index contributed by atoms with van der Waals surface area (Å²) < 4.78 is 11.1. The van der Waals surface area contributed by atoms with Gasteiger partial charge >= 0.3 is 0 Å². The highest BCUT2D eigenvalue weighted by Gasteiger charge is 2.13. The molecule has 0 amide bonds. The molecule has 0 aromatic heterocycles. The first-order valence-corrected chi connectivity index (χ1v) is 5.65. The second-order valence-electron chi connectivity index (χ2n) is 3.90. The summed E-state index contributed by atoms with van der Waals surface area (Å²) in [6, 6.07) is 0. The monoisotopic (exact) mass is 208 g/mol. The Morgan fingerprint density at radius 1 is 1.60 bits per heavy atom. The Hall–Kier alpha value is -0.780. The Morgan fingerprint density at radius 2 is 2.47 bits per heavy atom. The first kappa shape index (κ1) is 12.3. The summed E-state index contributed by atoms with van der Waals surface area (Å²) in [6.45, 7) is 3.57. The zero-order chi connectivity index (χ0) is 10.9. The van der Waals surface area contributed by atoms with E-state index in [2.05, 4.69) is 18.9 Å². The van der Waals surface area contributed by atoms with Crippen LogP contribution in [0.15, 0.2) is 11.6 Å². The fourth-order valence-electron chi connectivity index (χ4n) is 1.53. The van der Waals surface area contributed by atoms with Crippen LogP contribution in [-0.2, 0) is 9.47 Å². The molecule has 0 spiro atoms. The van der Waals surface area contributed by atoms with E-state index in [0.29, 0.717) is 6.61 Å². The third kappa shape index (κ3) is 5.61. The average molecular weight is 208 g/mol. The minimum atomic E-state index is 0.00901. The zero-order valence-corrected chi connectivity index (χ0v) is 9.50. The van der Waals surface area contributed by atoms with Crippen LogP contribution in [0.2, 0.25) is 0 Å². The first-order valence-electron chi connectivity index (χ1n) is 5.65. The molecule has 0 radical (unpaired) electrons. The van der Waals surface area contributed by atoms with Crippen molar-refractivity contribution in [2.45, 2.75) is 45.3 Å². The molecule has 0 aromatic carbocycles. The van der Waals surface area contributed by atoms with E-state index >= 15 is 0 Å². The van der Waals surface area contributed by atoms with Crippen molar-refractivity contribution in [3.05, 3.63) is 11.6 Å². The van der Waals surface area contributed by atoms with E-state index in [1.54, 1.807) is 0 Å². The van der Waals surface area contributed by atoms with Crippen LogP contribution in [-0.4, -0.2) is 19.5 Å². The van der Waals surface area contributed by atoms with Gasteiger partial charge in [-0.1, -0.05) is 11.6 Å². The fourth-order valence-corrected chi connectivity index (χ4v) is 1.53. The highest BCUT2D eigenvalue weighted by atomic mass is 16.7. The number of unbranched alkanes of at least 4 members (excludes halogenated alkanes) is 1. The third-order valence-corrected chi connectivity index (χ3v) is 2.42. The maximum atomic E-state index is 5.63. The van der Waals surface area contributed by atoms with Gasteiger partial charge in [-0.15, -0.1) is 12.3 Å². The van der Waals surface area contributed by atoms with Gasteiger partial charge < -0.3 is 9.47 Å². The van der Waals surface area contributed by atoms with Gasteiger partial charge in [0.2, 0.25) is 0 Å². The summed E-state index contributed by atoms with van der Waals surface area (Å²) in [5.41, 5.74) is 1.24. The van der Waals surface area contributed by atoms with Gasteiger partial charge in [0.15, 0.2) is 6.29 Å². The van der Waals surface area contributed by atoms with Crippen LogP contribution < -0.4 is 0 Å². The molecule has 84 valence electrons. The van der Waals surface area contributed by atoms with Crippen molar-refractivity contribution in [1.29, 1.82) is 0 Å². The SMILES string of the molecule is C#CCC/C=C(\C)COC1CCCCO1. The average Bonchev–Trinajstić information content (AvgIpc) is 2.28. The van der Waals surface area contributed by atoms with Crippen molar-refractivity contribution in [2.75, 3.05) is 13.2 Å². The molecule has 0 aliphatic carbocycles. The van der Waals surface area contributed by atoms with Crippen molar-refractivity contribution in [3.8, 4) is 12.3 Å². The largest absolute Gasteiger partial charge is 0.353 e. The summed E-state index contributed by atoms with van der Waals surface area (Å²) in [4.78, 5) is 0. The standard InChI is InChI=1S/C13H20O2/c1-3-4-5-8-12(2)11-15-13-9-6-7-10-14-13/h1,8,13H,4-7,9-11H2,2H3/b12-8+.